The predicted octanol–water partition coefficient (Wildman–Crippen LogP) is -0.661. The maximum absolute atomic E-state index is 13.1. The van der Waals surface area contributed by atoms with Crippen LogP contribution < -0.4 is 33.2 Å². The summed E-state index contributed by atoms with van der Waals surface area (Å²) in [7, 11) is 0. The van der Waals surface area contributed by atoms with E-state index in [2.05, 4.69) is 16.0 Å². The smallest absolute Gasteiger partial charge is 0.326 e. The van der Waals surface area contributed by atoms with Gasteiger partial charge in [-0.2, -0.15) is 0 Å². The molecular weight excluding hydrogens is 456 g/mol. The number of carbonyl (C=O) groups excluding carboxylic acids is 4. The third-order valence-corrected chi connectivity index (χ3v) is 5.74. The molecule has 202 valence electrons. The van der Waals surface area contributed by atoms with Crippen molar-refractivity contribution in [1.29, 1.82) is 0 Å². The molecule has 0 aromatic carbocycles. The number of carbonyl (C=O) groups is 5. The second-order valence-corrected chi connectivity index (χ2v) is 9.36. The average molecular weight is 501 g/mol. The van der Waals surface area contributed by atoms with Crippen molar-refractivity contribution in [2.45, 2.75) is 96.8 Å². The first-order chi connectivity index (χ1) is 16.3. The lowest BCUT2D eigenvalue weighted by molar-refractivity contribution is -0.144. The Bertz CT molecular complexity index is 717. The molecular formula is C23H44N6O6. The quantitative estimate of drug-likeness (QED) is 0.119. The number of unbranched alkanes of at least 4 members (excludes halogenated alkanes) is 1. The minimum Gasteiger partial charge on any atom is -0.480 e. The highest BCUT2D eigenvalue weighted by atomic mass is 16.4. The SMILES string of the molecule is CCC(C)C(NC(=O)C(CCCCN)NC(=O)C(CC(C)C)NC(=O)C(N)CCC(N)=O)C(=O)O. The minimum absolute atomic E-state index is 0.0270. The summed E-state index contributed by atoms with van der Waals surface area (Å²) in [6.07, 6.45) is 2.20. The molecule has 35 heavy (non-hydrogen) atoms. The van der Waals surface area contributed by atoms with Gasteiger partial charge in [0, 0.05) is 6.42 Å². The van der Waals surface area contributed by atoms with E-state index in [0.29, 0.717) is 25.8 Å². The first kappa shape index (κ1) is 32.3. The molecule has 0 radical (unpaired) electrons. The van der Waals surface area contributed by atoms with Crippen molar-refractivity contribution < 1.29 is 29.1 Å². The Morgan fingerprint density at radius 1 is 0.857 bits per heavy atom. The van der Waals surface area contributed by atoms with Crippen molar-refractivity contribution in [1.82, 2.24) is 16.0 Å². The molecule has 0 saturated carbocycles. The summed E-state index contributed by atoms with van der Waals surface area (Å²) >= 11 is 0. The zero-order valence-corrected chi connectivity index (χ0v) is 21.3. The molecule has 12 nitrogen and oxygen atoms in total. The number of nitrogens with one attached hydrogen (secondary N) is 3. The lowest BCUT2D eigenvalue weighted by Gasteiger charge is -2.27. The van der Waals surface area contributed by atoms with Gasteiger partial charge in [-0.05, 0) is 50.5 Å². The van der Waals surface area contributed by atoms with Crippen molar-refractivity contribution in [3.05, 3.63) is 0 Å². The molecule has 10 N–H and O–H groups in total. The van der Waals surface area contributed by atoms with Gasteiger partial charge in [0.1, 0.15) is 18.1 Å². The number of carboxylic acid groups (broad SMARTS) is 1. The molecule has 0 aromatic rings. The number of amides is 4. The molecule has 5 atom stereocenters. The van der Waals surface area contributed by atoms with Gasteiger partial charge in [-0.15, -0.1) is 0 Å². The van der Waals surface area contributed by atoms with Crippen molar-refractivity contribution in [2.75, 3.05) is 6.54 Å². The van der Waals surface area contributed by atoms with Crippen LogP contribution in [0.15, 0.2) is 0 Å². The van der Waals surface area contributed by atoms with Crippen LogP contribution in [0.1, 0.15) is 72.6 Å². The Labute approximate surface area is 207 Å². The van der Waals surface area contributed by atoms with Crippen LogP contribution in [0.25, 0.3) is 0 Å². The van der Waals surface area contributed by atoms with E-state index >= 15 is 0 Å². The third-order valence-electron chi connectivity index (χ3n) is 5.74. The maximum Gasteiger partial charge on any atom is 0.326 e. The fourth-order valence-electron chi connectivity index (χ4n) is 3.38. The number of hydrogen-bond donors (Lipinski definition) is 7. The number of aliphatic carboxylic acids is 1. The zero-order valence-electron chi connectivity index (χ0n) is 21.3. The first-order valence-corrected chi connectivity index (χ1v) is 12.2. The van der Waals surface area contributed by atoms with Gasteiger partial charge < -0.3 is 38.3 Å². The number of nitrogens with two attached hydrogens (primary N) is 3. The van der Waals surface area contributed by atoms with E-state index in [4.69, 9.17) is 17.2 Å². The molecule has 5 unspecified atom stereocenters. The highest BCUT2D eigenvalue weighted by molar-refractivity contribution is 5.94. The topological polar surface area (TPSA) is 220 Å². The van der Waals surface area contributed by atoms with Crippen LogP contribution >= 0.6 is 0 Å². The van der Waals surface area contributed by atoms with Crippen molar-refractivity contribution in [2.24, 2.45) is 29.0 Å². The lowest BCUT2D eigenvalue weighted by atomic mass is 9.98. The molecule has 0 rings (SSSR count). The molecule has 0 saturated heterocycles. The summed E-state index contributed by atoms with van der Waals surface area (Å²) in [4.78, 5) is 61.2. The first-order valence-electron chi connectivity index (χ1n) is 12.2. The average Bonchev–Trinajstić information content (AvgIpc) is 2.78. The van der Waals surface area contributed by atoms with Gasteiger partial charge in [-0.3, -0.25) is 19.2 Å². The monoisotopic (exact) mass is 500 g/mol. The molecule has 0 spiro atoms. The molecule has 0 aromatic heterocycles. The van der Waals surface area contributed by atoms with Gasteiger partial charge in [0.05, 0.1) is 6.04 Å². The summed E-state index contributed by atoms with van der Waals surface area (Å²) in [5, 5.41) is 17.3. The van der Waals surface area contributed by atoms with Crippen molar-refractivity contribution >= 4 is 29.6 Å². The molecule has 0 aliphatic heterocycles. The summed E-state index contributed by atoms with van der Waals surface area (Å²) in [6.45, 7) is 7.68. The van der Waals surface area contributed by atoms with Crippen LogP contribution in [0.4, 0.5) is 0 Å². The van der Waals surface area contributed by atoms with Crippen LogP contribution in [0.2, 0.25) is 0 Å². The number of hydrogen-bond acceptors (Lipinski definition) is 7. The van der Waals surface area contributed by atoms with Gasteiger partial charge >= 0.3 is 5.97 Å². The highest BCUT2D eigenvalue weighted by Crippen LogP contribution is 2.11. The Hall–Kier alpha value is -2.73. The Balaban J connectivity index is 5.54. The van der Waals surface area contributed by atoms with Crippen LogP contribution in [0, 0.1) is 11.8 Å². The number of primary amides is 1. The van der Waals surface area contributed by atoms with Crippen LogP contribution in [-0.2, 0) is 24.0 Å². The van der Waals surface area contributed by atoms with Crippen molar-refractivity contribution in [3.63, 3.8) is 0 Å². The Kier molecular flexibility index (Phi) is 15.5. The second-order valence-electron chi connectivity index (χ2n) is 9.36. The fourth-order valence-corrected chi connectivity index (χ4v) is 3.38. The summed E-state index contributed by atoms with van der Waals surface area (Å²) in [5.74, 6) is -3.85. The molecule has 12 heteroatoms. The minimum atomic E-state index is -1.16. The van der Waals surface area contributed by atoms with Gasteiger partial charge in [0.2, 0.25) is 23.6 Å². The fraction of sp³-hybridized carbons (Fsp3) is 0.783. The second kappa shape index (κ2) is 16.8. The van der Waals surface area contributed by atoms with Crippen LogP contribution in [-0.4, -0.2) is 65.4 Å². The molecule has 0 aliphatic rings. The largest absolute Gasteiger partial charge is 0.480 e. The van der Waals surface area contributed by atoms with Crippen molar-refractivity contribution in [3.8, 4) is 0 Å². The number of carboxylic acids is 1. The Morgan fingerprint density at radius 2 is 1.43 bits per heavy atom. The van der Waals surface area contributed by atoms with E-state index in [0.717, 1.165) is 0 Å². The van der Waals surface area contributed by atoms with Crippen LogP contribution in [0.3, 0.4) is 0 Å². The van der Waals surface area contributed by atoms with E-state index in [9.17, 15) is 29.1 Å². The van der Waals surface area contributed by atoms with E-state index in [-0.39, 0.29) is 37.5 Å². The predicted molar refractivity (Wildman–Crippen MR) is 132 cm³/mol. The molecule has 0 aliphatic carbocycles. The third kappa shape index (κ3) is 13.1. The standard InChI is InChI=1S/C23H44N6O6/c1-5-14(4)19(23(34)35)29-21(32)16(8-6-7-11-24)27-22(33)17(12-13(2)3)28-20(31)15(25)9-10-18(26)30/h13-17,19H,5-12,24-25H2,1-4H3,(H2,26,30)(H,27,33)(H,28,31)(H,29,32)(H,34,35). The normalized spacial score (nSPS) is 15.4. The molecule has 4 amide bonds. The maximum atomic E-state index is 13.1. The lowest BCUT2D eigenvalue weighted by Crippen LogP contribution is -2.58. The van der Waals surface area contributed by atoms with Gasteiger partial charge in [-0.25, -0.2) is 4.79 Å². The highest BCUT2D eigenvalue weighted by Gasteiger charge is 2.32. The zero-order chi connectivity index (χ0) is 27.1. The van der Waals surface area contributed by atoms with E-state index in [1.54, 1.807) is 6.92 Å². The Morgan fingerprint density at radius 3 is 1.91 bits per heavy atom. The van der Waals surface area contributed by atoms with Gasteiger partial charge in [0.15, 0.2) is 0 Å². The summed E-state index contributed by atoms with van der Waals surface area (Å²) in [6, 6.07) is -4.11. The number of rotatable bonds is 18. The van der Waals surface area contributed by atoms with E-state index in [1.165, 1.54) is 0 Å². The molecule has 0 fully saturated rings. The molecule has 0 bridgehead atoms. The van der Waals surface area contributed by atoms with Gasteiger partial charge in [0.25, 0.3) is 0 Å². The summed E-state index contributed by atoms with van der Waals surface area (Å²) < 4.78 is 0. The van der Waals surface area contributed by atoms with E-state index in [1.807, 2.05) is 20.8 Å². The molecule has 0 heterocycles. The van der Waals surface area contributed by atoms with E-state index < -0.39 is 53.8 Å². The van der Waals surface area contributed by atoms with Gasteiger partial charge in [-0.1, -0.05) is 34.1 Å². The van der Waals surface area contributed by atoms with Crippen LogP contribution in [0.5, 0.6) is 0 Å². The summed E-state index contributed by atoms with van der Waals surface area (Å²) in [5.41, 5.74) is 16.5.